The maximum absolute atomic E-state index is 12.7. The number of carbonyl (C=O) groups is 3. The van der Waals surface area contributed by atoms with Crippen LogP contribution in [-0.2, 0) is 19.7 Å². The van der Waals surface area contributed by atoms with Crippen LogP contribution < -0.4 is 19.9 Å². The number of nitrogens with one attached hydrogen (secondary N) is 2. The van der Waals surface area contributed by atoms with Crippen LogP contribution in [0.2, 0.25) is 0 Å². The van der Waals surface area contributed by atoms with Crippen LogP contribution in [0.3, 0.4) is 0 Å². The Labute approximate surface area is 208 Å². The van der Waals surface area contributed by atoms with Crippen LogP contribution in [-0.4, -0.2) is 32.2 Å². The van der Waals surface area contributed by atoms with Crippen molar-refractivity contribution >= 4 is 34.0 Å². The van der Waals surface area contributed by atoms with Gasteiger partial charge in [0.1, 0.15) is 16.3 Å². The second kappa shape index (κ2) is 11.3. The quantitative estimate of drug-likeness (QED) is 0.332. The molecule has 186 valence electrons. The molecular formula is C26H23N2O7S-. The number of amides is 2. The fraction of sp³-hybridized carbons (Fsp3) is 0.115. The smallest absolute Gasteiger partial charge is 0.339 e. The standard InChI is InChI=1S/C26H24N2O7S/c1-17-8-14-22(15-9-17)36(33,34)35-21-12-10-19(11-13-21)16-23(25(30)27-18(2)26(31)32)28-24(29)20-6-4-3-5-7-20/h3-16,18H,1-2H3,(H,27,30)(H,28,29)(H,31,32)/p-1/b23-16-/t18-/m1/s1. The van der Waals surface area contributed by atoms with Gasteiger partial charge in [0.2, 0.25) is 0 Å². The summed E-state index contributed by atoms with van der Waals surface area (Å²) in [6.07, 6.45) is 1.32. The third-order valence-corrected chi connectivity index (χ3v) is 6.20. The Hall–Kier alpha value is -4.44. The van der Waals surface area contributed by atoms with E-state index >= 15 is 0 Å². The van der Waals surface area contributed by atoms with Gasteiger partial charge in [-0.15, -0.1) is 0 Å². The van der Waals surface area contributed by atoms with Crippen LogP contribution >= 0.6 is 0 Å². The number of hydrogen-bond donors (Lipinski definition) is 2. The van der Waals surface area contributed by atoms with E-state index in [4.69, 9.17) is 4.18 Å². The largest absolute Gasteiger partial charge is 0.548 e. The lowest BCUT2D eigenvalue weighted by Crippen LogP contribution is -2.48. The van der Waals surface area contributed by atoms with E-state index in [0.29, 0.717) is 5.56 Å². The first-order chi connectivity index (χ1) is 17.0. The van der Waals surface area contributed by atoms with Gasteiger partial charge >= 0.3 is 10.1 Å². The minimum absolute atomic E-state index is 0.00157. The van der Waals surface area contributed by atoms with E-state index in [2.05, 4.69) is 10.6 Å². The lowest BCUT2D eigenvalue weighted by Gasteiger charge is -2.17. The molecule has 0 aliphatic carbocycles. The SMILES string of the molecule is Cc1ccc(S(=O)(=O)Oc2ccc(/C=C(\NC(=O)c3ccccc3)C(=O)N[C@H](C)C(=O)[O-])cc2)cc1. The molecule has 0 fully saturated rings. The molecule has 10 heteroatoms. The second-order valence-corrected chi connectivity index (χ2v) is 9.36. The van der Waals surface area contributed by atoms with Crippen LogP contribution in [0.15, 0.2) is 89.5 Å². The fourth-order valence-corrected chi connectivity index (χ4v) is 3.87. The van der Waals surface area contributed by atoms with Crippen molar-refractivity contribution in [1.29, 1.82) is 0 Å². The second-order valence-electron chi connectivity index (χ2n) is 7.81. The summed E-state index contributed by atoms with van der Waals surface area (Å²) in [5.74, 6) is -2.88. The molecule has 3 rings (SSSR count). The van der Waals surface area contributed by atoms with Crippen molar-refractivity contribution in [2.24, 2.45) is 0 Å². The number of hydrogen-bond acceptors (Lipinski definition) is 7. The van der Waals surface area contributed by atoms with Crippen molar-refractivity contribution in [1.82, 2.24) is 10.6 Å². The van der Waals surface area contributed by atoms with E-state index in [1.807, 2.05) is 6.92 Å². The minimum atomic E-state index is -4.05. The van der Waals surface area contributed by atoms with Gasteiger partial charge in [0, 0.05) is 5.56 Å². The molecule has 0 aliphatic rings. The monoisotopic (exact) mass is 507 g/mol. The first kappa shape index (κ1) is 26.2. The zero-order valence-electron chi connectivity index (χ0n) is 19.4. The number of carboxylic acids is 1. The third kappa shape index (κ3) is 7.03. The molecule has 0 bridgehead atoms. The first-order valence-electron chi connectivity index (χ1n) is 10.8. The van der Waals surface area contributed by atoms with Crippen LogP contribution in [0, 0.1) is 6.92 Å². The van der Waals surface area contributed by atoms with Crippen molar-refractivity contribution in [2.75, 3.05) is 0 Å². The summed E-state index contributed by atoms with van der Waals surface area (Å²) < 4.78 is 30.1. The highest BCUT2D eigenvalue weighted by molar-refractivity contribution is 7.87. The van der Waals surface area contributed by atoms with Gasteiger partial charge in [0.25, 0.3) is 11.8 Å². The van der Waals surface area contributed by atoms with Crippen LogP contribution in [0.5, 0.6) is 5.75 Å². The Kier molecular flexibility index (Phi) is 8.23. The van der Waals surface area contributed by atoms with E-state index in [1.165, 1.54) is 49.4 Å². The Morgan fingerprint density at radius 1 is 0.917 bits per heavy atom. The fourth-order valence-electron chi connectivity index (χ4n) is 2.94. The molecular weight excluding hydrogens is 484 g/mol. The van der Waals surface area contributed by atoms with Gasteiger partial charge in [-0.2, -0.15) is 8.42 Å². The zero-order chi connectivity index (χ0) is 26.3. The van der Waals surface area contributed by atoms with E-state index in [9.17, 15) is 27.9 Å². The molecule has 36 heavy (non-hydrogen) atoms. The molecule has 0 spiro atoms. The van der Waals surface area contributed by atoms with Crippen molar-refractivity contribution < 1.29 is 32.1 Å². The normalized spacial score (nSPS) is 12.3. The van der Waals surface area contributed by atoms with Crippen molar-refractivity contribution in [3.63, 3.8) is 0 Å². The zero-order valence-corrected chi connectivity index (χ0v) is 20.2. The van der Waals surface area contributed by atoms with Gasteiger partial charge in [0.05, 0.1) is 12.0 Å². The molecule has 2 amide bonds. The highest BCUT2D eigenvalue weighted by atomic mass is 32.2. The molecule has 0 radical (unpaired) electrons. The first-order valence-corrected chi connectivity index (χ1v) is 12.2. The predicted molar refractivity (Wildman–Crippen MR) is 130 cm³/mol. The Bertz CT molecular complexity index is 1380. The van der Waals surface area contributed by atoms with Crippen LogP contribution in [0.1, 0.15) is 28.4 Å². The van der Waals surface area contributed by atoms with Crippen LogP contribution in [0.4, 0.5) is 0 Å². The van der Waals surface area contributed by atoms with Gasteiger partial charge in [-0.25, -0.2) is 0 Å². The molecule has 0 unspecified atom stereocenters. The molecule has 2 N–H and O–H groups in total. The lowest BCUT2D eigenvalue weighted by molar-refractivity contribution is -0.307. The summed E-state index contributed by atoms with van der Waals surface area (Å²) in [4.78, 5) is 36.3. The van der Waals surface area contributed by atoms with Gasteiger partial charge in [-0.1, -0.05) is 48.0 Å². The van der Waals surface area contributed by atoms with Gasteiger partial charge < -0.3 is 24.7 Å². The summed E-state index contributed by atoms with van der Waals surface area (Å²) in [6.45, 7) is 3.06. The van der Waals surface area contributed by atoms with Crippen molar-refractivity contribution in [3.8, 4) is 5.75 Å². The highest BCUT2D eigenvalue weighted by Gasteiger charge is 2.18. The molecule has 0 aliphatic heterocycles. The van der Waals surface area contributed by atoms with Crippen LogP contribution in [0.25, 0.3) is 6.08 Å². The summed E-state index contributed by atoms with van der Waals surface area (Å²) in [5, 5.41) is 15.7. The molecule has 1 atom stereocenters. The van der Waals surface area contributed by atoms with E-state index in [0.717, 1.165) is 5.56 Å². The molecule has 9 nitrogen and oxygen atoms in total. The van der Waals surface area contributed by atoms with Gasteiger partial charge in [-0.3, -0.25) is 9.59 Å². The molecule has 0 saturated heterocycles. The Morgan fingerprint density at radius 3 is 2.11 bits per heavy atom. The number of carboxylic acid groups (broad SMARTS) is 1. The summed E-state index contributed by atoms with van der Waals surface area (Å²) >= 11 is 0. The molecule has 3 aromatic carbocycles. The maximum Gasteiger partial charge on any atom is 0.339 e. The number of aliphatic carboxylic acids is 1. The Morgan fingerprint density at radius 2 is 1.53 bits per heavy atom. The average molecular weight is 508 g/mol. The average Bonchev–Trinajstić information content (AvgIpc) is 2.85. The predicted octanol–water partition coefficient (Wildman–Crippen LogP) is 1.79. The Balaban J connectivity index is 1.83. The number of aryl methyl sites for hydroxylation is 1. The van der Waals surface area contributed by atoms with E-state index in [1.54, 1.807) is 42.5 Å². The topological polar surface area (TPSA) is 142 Å². The van der Waals surface area contributed by atoms with Crippen molar-refractivity contribution in [2.45, 2.75) is 24.8 Å². The highest BCUT2D eigenvalue weighted by Crippen LogP contribution is 2.20. The number of benzene rings is 3. The summed E-state index contributed by atoms with van der Waals surface area (Å²) in [7, 11) is -4.05. The molecule has 3 aromatic rings. The molecule has 0 saturated carbocycles. The van der Waals surface area contributed by atoms with E-state index in [-0.39, 0.29) is 21.9 Å². The lowest BCUT2D eigenvalue weighted by atomic mass is 10.1. The number of carbonyl (C=O) groups excluding carboxylic acids is 3. The number of rotatable bonds is 9. The minimum Gasteiger partial charge on any atom is -0.548 e. The van der Waals surface area contributed by atoms with Gasteiger partial charge in [0.15, 0.2) is 0 Å². The molecule has 0 aromatic heterocycles. The van der Waals surface area contributed by atoms with Crippen molar-refractivity contribution in [3.05, 3.63) is 101 Å². The summed E-state index contributed by atoms with van der Waals surface area (Å²) in [5.41, 5.74) is 1.38. The van der Waals surface area contributed by atoms with E-state index < -0.39 is 33.9 Å². The van der Waals surface area contributed by atoms with Gasteiger partial charge in [-0.05, 0) is 61.9 Å². The summed E-state index contributed by atoms with van der Waals surface area (Å²) in [6, 6.07) is 18.7. The maximum atomic E-state index is 12.7. The molecule has 0 heterocycles. The third-order valence-electron chi connectivity index (χ3n) is 4.94.